The van der Waals surface area contributed by atoms with E-state index in [4.69, 9.17) is 9.47 Å². The maximum Gasteiger partial charge on any atom is 0.204 e. The van der Waals surface area contributed by atoms with E-state index in [1.165, 1.54) is 82.8 Å². The molecule has 186 valence electrons. The van der Waals surface area contributed by atoms with E-state index < -0.39 is 11.6 Å². The molecule has 1 aromatic rings. The molecule has 3 fully saturated rings. The minimum absolute atomic E-state index is 0.00415. The van der Waals surface area contributed by atoms with Gasteiger partial charge in [-0.2, -0.15) is 8.78 Å². The van der Waals surface area contributed by atoms with Gasteiger partial charge in [0.1, 0.15) is 0 Å². The Morgan fingerprint density at radius 3 is 1.73 bits per heavy atom. The van der Waals surface area contributed by atoms with Crippen LogP contribution in [0, 0.1) is 47.1 Å². The first-order valence-corrected chi connectivity index (χ1v) is 13.8. The van der Waals surface area contributed by atoms with E-state index in [1.54, 1.807) is 6.92 Å². The molecular formula is C29H44F2O2. The number of benzene rings is 1. The highest BCUT2D eigenvalue weighted by Gasteiger charge is 2.36. The summed E-state index contributed by atoms with van der Waals surface area (Å²) < 4.78 is 39.2. The summed E-state index contributed by atoms with van der Waals surface area (Å²) in [6, 6.07) is 2.95. The van der Waals surface area contributed by atoms with Crippen LogP contribution in [-0.4, -0.2) is 13.2 Å². The summed E-state index contributed by atoms with van der Waals surface area (Å²) in [5.41, 5.74) is 0. The van der Waals surface area contributed by atoms with Crippen LogP contribution in [0.5, 0.6) is 11.5 Å². The SMILES string of the molecule is CCCC1CCC(C2CCC(C3CCC(COc4ccc(OCC)c(F)c4F)CC3)CC2)C1. The van der Waals surface area contributed by atoms with Crippen LogP contribution in [-0.2, 0) is 0 Å². The number of halogens is 2. The lowest BCUT2D eigenvalue weighted by Gasteiger charge is -2.39. The standard InChI is InChI=1S/C29H44F2O2/c1-3-5-20-6-11-25(18-20)24-14-12-23(13-15-24)22-9-7-21(8-10-22)19-33-27-17-16-26(32-4-2)28(30)29(27)31/h16-17,20-25H,3-15,18-19H2,1-2H3. The van der Waals surface area contributed by atoms with Gasteiger partial charge in [0, 0.05) is 0 Å². The maximum absolute atomic E-state index is 14.3. The quantitative estimate of drug-likeness (QED) is 0.366. The second-order valence-corrected chi connectivity index (χ2v) is 11.1. The molecule has 0 aliphatic heterocycles. The Hall–Kier alpha value is -1.32. The van der Waals surface area contributed by atoms with Crippen LogP contribution in [0.2, 0.25) is 0 Å². The third-order valence-corrected chi connectivity index (χ3v) is 9.11. The van der Waals surface area contributed by atoms with Crippen LogP contribution >= 0.6 is 0 Å². The summed E-state index contributed by atoms with van der Waals surface area (Å²) >= 11 is 0. The fourth-order valence-corrected chi connectivity index (χ4v) is 7.23. The van der Waals surface area contributed by atoms with Gasteiger partial charge in [-0.1, -0.05) is 26.2 Å². The van der Waals surface area contributed by atoms with Gasteiger partial charge in [-0.15, -0.1) is 0 Å². The lowest BCUT2D eigenvalue weighted by molar-refractivity contribution is 0.109. The molecule has 2 atom stereocenters. The lowest BCUT2D eigenvalue weighted by Crippen LogP contribution is -2.29. The van der Waals surface area contributed by atoms with Crippen molar-refractivity contribution in [1.29, 1.82) is 0 Å². The van der Waals surface area contributed by atoms with Crippen molar-refractivity contribution in [3.63, 3.8) is 0 Å². The van der Waals surface area contributed by atoms with Crippen LogP contribution in [0.1, 0.15) is 97.3 Å². The van der Waals surface area contributed by atoms with Crippen LogP contribution in [0.3, 0.4) is 0 Å². The smallest absolute Gasteiger partial charge is 0.204 e. The highest BCUT2D eigenvalue weighted by atomic mass is 19.2. The Balaban J connectivity index is 1.17. The lowest BCUT2D eigenvalue weighted by atomic mass is 9.67. The molecule has 0 N–H and O–H groups in total. The molecule has 0 aromatic heterocycles. The molecule has 33 heavy (non-hydrogen) atoms. The van der Waals surface area contributed by atoms with Gasteiger partial charge >= 0.3 is 0 Å². The number of rotatable bonds is 9. The normalized spacial score (nSPS) is 32.6. The molecule has 0 heterocycles. The van der Waals surface area contributed by atoms with Crippen LogP contribution in [0.4, 0.5) is 8.78 Å². The number of hydrogen-bond acceptors (Lipinski definition) is 2. The first-order chi connectivity index (χ1) is 16.1. The van der Waals surface area contributed by atoms with E-state index in [0.717, 1.165) is 42.4 Å². The number of ether oxygens (including phenoxy) is 2. The molecule has 3 aliphatic carbocycles. The fourth-order valence-electron chi connectivity index (χ4n) is 7.23. The first-order valence-electron chi connectivity index (χ1n) is 13.8. The van der Waals surface area contributed by atoms with Gasteiger partial charge in [0.15, 0.2) is 11.5 Å². The zero-order valence-electron chi connectivity index (χ0n) is 20.8. The molecule has 0 spiro atoms. The van der Waals surface area contributed by atoms with E-state index in [2.05, 4.69) is 6.92 Å². The van der Waals surface area contributed by atoms with Crippen LogP contribution in [0.15, 0.2) is 12.1 Å². The highest BCUT2D eigenvalue weighted by molar-refractivity contribution is 5.35. The third-order valence-electron chi connectivity index (χ3n) is 9.11. The predicted octanol–water partition coefficient (Wildman–Crippen LogP) is 8.57. The van der Waals surface area contributed by atoms with Crippen LogP contribution < -0.4 is 9.47 Å². The van der Waals surface area contributed by atoms with Crippen molar-refractivity contribution < 1.29 is 18.3 Å². The van der Waals surface area contributed by atoms with Crippen molar-refractivity contribution in [2.24, 2.45) is 35.5 Å². The van der Waals surface area contributed by atoms with Crippen molar-refractivity contribution in [2.75, 3.05) is 13.2 Å². The average molecular weight is 463 g/mol. The van der Waals surface area contributed by atoms with Gasteiger partial charge in [-0.05, 0) is 119 Å². The van der Waals surface area contributed by atoms with E-state index in [-0.39, 0.29) is 11.5 Å². The second kappa shape index (κ2) is 11.9. The van der Waals surface area contributed by atoms with Crippen molar-refractivity contribution in [2.45, 2.75) is 97.3 Å². The maximum atomic E-state index is 14.3. The summed E-state index contributed by atoms with van der Waals surface area (Å²) in [6.07, 6.45) is 17.9. The van der Waals surface area contributed by atoms with Gasteiger partial charge in [0.2, 0.25) is 11.6 Å². The molecule has 4 rings (SSSR count). The van der Waals surface area contributed by atoms with Gasteiger partial charge < -0.3 is 9.47 Å². The summed E-state index contributed by atoms with van der Waals surface area (Å²) in [4.78, 5) is 0. The van der Waals surface area contributed by atoms with E-state index in [0.29, 0.717) is 19.1 Å². The topological polar surface area (TPSA) is 18.5 Å². The van der Waals surface area contributed by atoms with Crippen molar-refractivity contribution in [3.05, 3.63) is 23.8 Å². The summed E-state index contributed by atoms with van der Waals surface area (Å²) in [6.45, 7) is 4.87. The van der Waals surface area contributed by atoms with Gasteiger partial charge in [0.05, 0.1) is 13.2 Å². The average Bonchev–Trinajstić information content (AvgIpc) is 3.31. The molecule has 0 bridgehead atoms. The van der Waals surface area contributed by atoms with Gasteiger partial charge in [-0.25, -0.2) is 0 Å². The van der Waals surface area contributed by atoms with Crippen LogP contribution in [0.25, 0.3) is 0 Å². The largest absolute Gasteiger partial charge is 0.491 e. The molecule has 4 heteroatoms. The zero-order chi connectivity index (χ0) is 23.2. The van der Waals surface area contributed by atoms with Crippen molar-refractivity contribution in [3.8, 4) is 11.5 Å². The predicted molar refractivity (Wildman–Crippen MR) is 130 cm³/mol. The first kappa shape index (κ1) is 24.8. The minimum Gasteiger partial charge on any atom is -0.491 e. The monoisotopic (exact) mass is 462 g/mol. The molecule has 3 aliphatic rings. The Morgan fingerprint density at radius 1 is 0.667 bits per heavy atom. The molecule has 2 unspecified atom stereocenters. The van der Waals surface area contributed by atoms with Gasteiger partial charge in [0.25, 0.3) is 0 Å². The Labute approximate surface area is 199 Å². The van der Waals surface area contributed by atoms with E-state index in [9.17, 15) is 8.78 Å². The molecule has 3 saturated carbocycles. The van der Waals surface area contributed by atoms with Crippen molar-refractivity contribution in [1.82, 2.24) is 0 Å². The second-order valence-electron chi connectivity index (χ2n) is 11.1. The zero-order valence-corrected chi connectivity index (χ0v) is 20.8. The molecular weight excluding hydrogens is 418 g/mol. The Morgan fingerprint density at radius 2 is 1.15 bits per heavy atom. The Bertz CT molecular complexity index is 735. The molecule has 0 radical (unpaired) electrons. The molecule has 1 aromatic carbocycles. The minimum atomic E-state index is -0.952. The summed E-state index contributed by atoms with van der Waals surface area (Å²) in [5.74, 6) is 3.31. The summed E-state index contributed by atoms with van der Waals surface area (Å²) in [7, 11) is 0. The molecule has 0 amide bonds. The van der Waals surface area contributed by atoms with E-state index >= 15 is 0 Å². The molecule has 0 saturated heterocycles. The molecule has 2 nitrogen and oxygen atoms in total. The fraction of sp³-hybridized carbons (Fsp3) is 0.793. The Kier molecular flexibility index (Phi) is 8.93. The summed E-state index contributed by atoms with van der Waals surface area (Å²) in [5, 5.41) is 0. The third kappa shape index (κ3) is 6.22. The van der Waals surface area contributed by atoms with Gasteiger partial charge in [-0.3, -0.25) is 0 Å². The number of hydrogen-bond donors (Lipinski definition) is 0. The highest BCUT2D eigenvalue weighted by Crippen LogP contribution is 2.47. The van der Waals surface area contributed by atoms with Crippen molar-refractivity contribution >= 4 is 0 Å². The van der Waals surface area contributed by atoms with E-state index in [1.807, 2.05) is 0 Å².